The molecule has 0 aliphatic carbocycles. The second kappa shape index (κ2) is 7.15. The van der Waals surface area contributed by atoms with Crippen LogP contribution >= 0.6 is 0 Å². The van der Waals surface area contributed by atoms with Gasteiger partial charge in [-0.15, -0.1) is 0 Å². The molecule has 0 bridgehead atoms. The van der Waals surface area contributed by atoms with Gasteiger partial charge in [0.1, 0.15) is 12.4 Å². The van der Waals surface area contributed by atoms with E-state index >= 15 is 0 Å². The molecule has 0 radical (unpaired) electrons. The minimum atomic E-state index is -0.110. The van der Waals surface area contributed by atoms with Gasteiger partial charge in [-0.05, 0) is 24.6 Å². The lowest BCUT2D eigenvalue weighted by atomic mass is 10.1. The monoisotopic (exact) mass is 305 g/mol. The van der Waals surface area contributed by atoms with E-state index < -0.39 is 0 Å². The van der Waals surface area contributed by atoms with Gasteiger partial charge in [0.2, 0.25) is 5.91 Å². The number of ether oxygens (including phenoxy) is 1. The van der Waals surface area contributed by atoms with Crippen LogP contribution in [0.1, 0.15) is 25.0 Å². The van der Waals surface area contributed by atoms with Crippen LogP contribution < -0.4 is 10.1 Å². The molecule has 0 saturated carbocycles. The first-order chi connectivity index (χ1) is 10.5. The largest absolute Gasteiger partial charge is 0.491 e. The second-order valence-electron chi connectivity index (χ2n) is 5.30. The van der Waals surface area contributed by atoms with Gasteiger partial charge in [-0.3, -0.25) is 4.79 Å². The second-order valence-corrected chi connectivity index (χ2v) is 5.30. The van der Waals surface area contributed by atoms with E-state index in [1.165, 1.54) is 0 Å². The molecule has 0 fully saturated rings. The lowest BCUT2D eigenvalue weighted by molar-refractivity contribution is -0.129. The summed E-state index contributed by atoms with van der Waals surface area (Å²) in [6.07, 6.45) is 0. The van der Waals surface area contributed by atoms with Gasteiger partial charge in [-0.2, -0.15) is 0 Å². The molecule has 6 heteroatoms. The minimum absolute atomic E-state index is 0.0562. The predicted molar refractivity (Wildman–Crippen MR) is 83.6 cm³/mol. The van der Waals surface area contributed by atoms with E-state index in [0.29, 0.717) is 32.8 Å². The first-order valence-corrected chi connectivity index (χ1v) is 7.52. The van der Waals surface area contributed by atoms with E-state index in [9.17, 15) is 9.59 Å². The highest BCUT2D eigenvalue weighted by atomic mass is 16.5. The Balaban J connectivity index is 2.20. The van der Waals surface area contributed by atoms with Crippen molar-refractivity contribution in [2.24, 2.45) is 0 Å². The number of benzene rings is 1. The molecule has 1 aromatic rings. The van der Waals surface area contributed by atoms with Crippen molar-refractivity contribution in [2.75, 3.05) is 26.7 Å². The molecule has 1 aromatic carbocycles. The van der Waals surface area contributed by atoms with Crippen molar-refractivity contribution in [1.82, 2.24) is 15.1 Å². The fourth-order valence-electron chi connectivity index (χ4n) is 2.54. The summed E-state index contributed by atoms with van der Waals surface area (Å²) in [5.41, 5.74) is 2.01. The molecule has 6 nitrogen and oxygen atoms in total. The van der Waals surface area contributed by atoms with Crippen molar-refractivity contribution in [3.05, 3.63) is 29.3 Å². The Labute approximate surface area is 131 Å². The number of nitrogens with one attached hydrogen (secondary N) is 1. The lowest BCUT2D eigenvalue weighted by Crippen LogP contribution is -2.38. The van der Waals surface area contributed by atoms with Crippen molar-refractivity contribution >= 4 is 11.9 Å². The molecule has 22 heavy (non-hydrogen) atoms. The van der Waals surface area contributed by atoms with Gasteiger partial charge in [-0.1, -0.05) is 6.07 Å². The number of hydrogen-bond acceptors (Lipinski definition) is 3. The molecule has 1 aliphatic rings. The van der Waals surface area contributed by atoms with Crippen molar-refractivity contribution in [3.63, 3.8) is 0 Å². The number of urea groups is 1. The maximum atomic E-state index is 11.8. The van der Waals surface area contributed by atoms with Crippen molar-refractivity contribution < 1.29 is 14.3 Å². The smallest absolute Gasteiger partial charge is 0.317 e. The maximum Gasteiger partial charge on any atom is 0.317 e. The van der Waals surface area contributed by atoms with Crippen LogP contribution in [-0.4, -0.2) is 48.5 Å². The zero-order chi connectivity index (χ0) is 16.1. The zero-order valence-corrected chi connectivity index (χ0v) is 13.4. The Morgan fingerprint density at radius 3 is 2.82 bits per heavy atom. The number of hydrogen-bond donors (Lipinski definition) is 1. The molecule has 1 heterocycles. The van der Waals surface area contributed by atoms with Gasteiger partial charge in [-0.25, -0.2) is 4.79 Å². The summed E-state index contributed by atoms with van der Waals surface area (Å²) in [7, 11) is 1.62. The van der Waals surface area contributed by atoms with Gasteiger partial charge in [0, 0.05) is 32.6 Å². The SMILES string of the molecule is CCN(Cc1ccc2c(c1)CN(C(=O)NC)CCO2)C(C)=O. The quantitative estimate of drug-likeness (QED) is 0.922. The molecule has 0 saturated heterocycles. The molecular weight excluding hydrogens is 282 g/mol. The van der Waals surface area contributed by atoms with Crippen LogP contribution in [0.5, 0.6) is 5.75 Å². The molecule has 0 unspecified atom stereocenters. The predicted octanol–water partition coefficient (Wildman–Crippen LogP) is 1.59. The van der Waals surface area contributed by atoms with Crippen LogP contribution in [0.2, 0.25) is 0 Å². The van der Waals surface area contributed by atoms with Gasteiger partial charge < -0.3 is 19.9 Å². The molecule has 1 N–H and O–H groups in total. The van der Waals surface area contributed by atoms with Crippen LogP contribution in [0, 0.1) is 0 Å². The third kappa shape index (κ3) is 3.69. The van der Waals surface area contributed by atoms with E-state index in [-0.39, 0.29) is 11.9 Å². The summed E-state index contributed by atoms with van der Waals surface area (Å²) in [5.74, 6) is 0.863. The van der Waals surface area contributed by atoms with Gasteiger partial charge >= 0.3 is 6.03 Å². The van der Waals surface area contributed by atoms with E-state index in [2.05, 4.69) is 5.32 Å². The van der Waals surface area contributed by atoms with Crippen LogP contribution in [0.25, 0.3) is 0 Å². The topological polar surface area (TPSA) is 61.9 Å². The fraction of sp³-hybridized carbons (Fsp3) is 0.500. The number of carbonyl (C=O) groups excluding carboxylic acids is 2. The summed E-state index contributed by atoms with van der Waals surface area (Å²) in [4.78, 5) is 26.9. The van der Waals surface area contributed by atoms with Crippen LogP contribution in [-0.2, 0) is 17.9 Å². The zero-order valence-electron chi connectivity index (χ0n) is 13.4. The molecule has 3 amide bonds. The van der Waals surface area contributed by atoms with Gasteiger partial charge in [0.05, 0.1) is 13.1 Å². The highest BCUT2D eigenvalue weighted by molar-refractivity contribution is 5.74. The van der Waals surface area contributed by atoms with Crippen LogP contribution in [0.15, 0.2) is 18.2 Å². The minimum Gasteiger partial charge on any atom is -0.491 e. The third-order valence-corrected chi connectivity index (χ3v) is 3.81. The van der Waals surface area contributed by atoms with E-state index in [1.54, 1.807) is 23.8 Å². The summed E-state index contributed by atoms with van der Waals surface area (Å²) >= 11 is 0. The van der Waals surface area contributed by atoms with E-state index in [0.717, 1.165) is 16.9 Å². The fourth-order valence-corrected chi connectivity index (χ4v) is 2.54. The molecule has 2 rings (SSSR count). The number of rotatable bonds is 3. The summed E-state index contributed by atoms with van der Waals surface area (Å²) in [5, 5.41) is 2.64. The Hall–Kier alpha value is -2.24. The van der Waals surface area contributed by atoms with Crippen molar-refractivity contribution in [2.45, 2.75) is 26.9 Å². The van der Waals surface area contributed by atoms with Crippen LogP contribution in [0.3, 0.4) is 0 Å². The van der Waals surface area contributed by atoms with Gasteiger partial charge in [0.15, 0.2) is 0 Å². The molecular formula is C16H23N3O3. The van der Waals surface area contributed by atoms with Crippen molar-refractivity contribution in [1.29, 1.82) is 0 Å². The summed E-state index contributed by atoms with van der Waals surface area (Å²) in [6, 6.07) is 5.80. The first-order valence-electron chi connectivity index (χ1n) is 7.52. The standard InChI is InChI=1S/C16H23N3O3/c1-4-18(12(2)20)10-13-5-6-15-14(9-13)11-19(7-8-22-15)16(21)17-3/h5-6,9H,4,7-8,10-11H2,1-3H3,(H,17,21). The maximum absolute atomic E-state index is 11.8. The number of nitrogens with zero attached hydrogens (tertiary/aromatic N) is 2. The van der Waals surface area contributed by atoms with E-state index in [4.69, 9.17) is 4.74 Å². The van der Waals surface area contributed by atoms with E-state index in [1.807, 2.05) is 25.1 Å². The number of carbonyl (C=O) groups is 2. The first kappa shape index (κ1) is 16.1. The Kier molecular flexibility index (Phi) is 5.25. The number of fused-ring (bicyclic) bond motifs is 1. The van der Waals surface area contributed by atoms with Crippen LogP contribution in [0.4, 0.5) is 4.79 Å². The molecule has 0 spiro atoms. The Morgan fingerprint density at radius 1 is 1.41 bits per heavy atom. The lowest BCUT2D eigenvalue weighted by Gasteiger charge is -2.21. The van der Waals surface area contributed by atoms with Gasteiger partial charge in [0.25, 0.3) is 0 Å². The normalized spacial score (nSPS) is 13.7. The average Bonchev–Trinajstić information content (AvgIpc) is 2.73. The molecule has 0 aromatic heterocycles. The Morgan fingerprint density at radius 2 is 2.18 bits per heavy atom. The highest BCUT2D eigenvalue weighted by Gasteiger charge is 2.19. The highest BCUT2D eigenvalue weighted by Crippen LogP contribution is 2.25. The Bertz CT molecular complexity index is 560. The molecule has 0 atom stereocenters. The molecule has 1 aliphatic heterocycles. The number of amides is 3. The summed E-state index contributed by atoms with van der Waals surface area (Å²) < 4.78 is 5.70. The van der Waals surface area contributed by atoms with Crippen molar-refractivity contribution in [3.8, 4) is 5.75 Å². The average molecular weight is 305 g/mol. The third-order valence-electron chi connectivity index (χ3n) is 3.81. The summed E-state index contributed by atoms with van der Waals surface area (Å²) in [6.45, 7) is 6.32. The molecule has 120 valence electrons.